The van der Waals surface area contributed by atoms with Gasteiger partial charge in [0.15, 0.2) is 0 Å². The molecule has 1 atom stereocenters. The van der Waals surface area contributed by atoms with Crippen molar-refractivity contribution in [2.75, 3.05) is 7.05 Å². The van der Waals surface area contributed by atoms with Crippen molar-refractivity contribution in [3.8, 4) is 0 Å². The normalized spacial score (nSPS) is 13.9. The molecule has 0 saturated heterocycles. The second-order valence-electron chi connectivity index (χ2n) is 6.42. The van der Waals surface area contributed by atoms with Crippen LogP contribution in [0.1, 0.15) is 38.8 Å². The summed E-state index contributed by atoms with van der Waals surface area (Å²) in [5.41, 5.74) is 3.45. The van der Waals surface area contributed by atoms with Crippen molar-refractivity contribution in [3.63, 3.8) is 0 Å². The topological polar surface area (TPSA) is 25.2 Å². The van der Waals surface area contributed by atoms with Crippen LogP contribution in [0.5, 0.6) is 0 Å². The van der Waals surface area contributed by atoms with Gasteiger partial charge in [0.2, 0.25) is 0 Å². The van der Waals surface area contributed by atoms with Crippen LogP contribution >= 0.6 is 0 Å². The number of rotatable bonds is 4. The van der Waals surface area contributed by atoms with Crippen LogP contribution in [0.3, 0.4) is 0 Å². The molecule has 2 nitrogen and oxygen atoms in total. The molecule has 0 aliphatic carbocycles. The van der Waals surface area contributed by atoms with E-state index in [0.717, 1.165) is 17.6 Å². The summed E-state index contributed by atoms with van der Waals surface area (Å²) in [7, 11) is 2.04. The van der Waals surface area contributed by atoms with Crippen molar-refractivity contribution in [1.29, 1.82) is 0 Å². The summed E-state index contributed by atoms with van der Waals surface area (Å²) in [4.78, 5) is 0. The predicted octanol–water partition coefficient (Wildman–Crippen LogP) is 5.28. The van der Waals surface area contributed by atoms with Gasteiger partial charge in [-0.15, -0.1) is 0 Å². The largest absolute Gasteiger partial charge is 0.456 e. The van der Waals surface area contributed by atoms with Crippen LogP contribution in [0.25, 0.3) is 21.9 Å². The van der Waals surface area contributed by atoms with E-state index < -0.39 is 0 Å². The van der Waals surface area contributed by atoms with Crippen LogP contribution in [0.4, 0.5) is 0 Å². The first-order valence-electron chi connectivity index (χ1n) is 7.65. The summed E-state index contributed by atoms with van der Waals surface area (Å²) in [5.74, 6) is 0. The van der Waals surface area contributed by atoms with Crippen molar-refractivity contribution in [3.05, 3.63) is 48.0 Å². The van der Waals surface area contributed by atoms with Gasteiger partial charge < -0.3 is 9.73 Å². The molecule has 0 fully saturated rings. The molecule has 2 aromatic carbocycles. The summed E-state index contributed by atoms with van der Waals surface area (Å²) in [6.07, 6.45) is 1.13. The summed E-state index contributed by atoms with van der Waals surface area (Å²) in [6.45, 7) is 6.87. The van der Waals surface area contributed by atoms with E-state index in [1.165, 1.54) is 16.3 Å². The van der Waals surface area contributed by atoms with Gasteiger partial charge >= 0.3 is 0 Å². The Labute approximate surface area is 126 Å². The highest BCUT2D eigenvalue weighted by Gasteiger charge is 2.28. The van der Waals surface area contributed by atoms with Crippen molar-refractivity contribution in [2.24, 2.45) is 5.41 Å². The number of fused-ring (bicyclic) bond motifs is 3. The molecule has 110 valence electrons. The summed E-state index contributed by atoms with van der Waals surface area (Å²) in [6, 6.07) is 15.1. The average Bonchev–Trinajstić information content (AvgIpc) is 2.86. The second-order valence-corrected chi connectivity index (χ2v) is 6.42. The minimum absolute atomic E-state index is 0.210. The van der Waals surface area contributed by atoms with Gasteiger partial charge in [0.05, 0.1) is 0 Å². The van der Waals surface area contributed by atoms with Gasteiger partial charge in [-0.2, -0.15) is 0 Å². The number of para-hydroxylation sites is 1. The molecule has 1 N–H and O–H groups in total. The molecule has 0 bridgehead atoms. The third-order valence-corrected chi connectivity index (χ3v) is 4.72. The van der Waals surface area contributed by atoms with Gasteiger partial charge in [-0.05, 0) is 42.6 Å². The standard InChI is InChI=1S/C19H23NO/c1-5-19(2,3)18(20-4)13-10-11-17-15(12-13)14-8-6-7-9-16(14)21-17/h6-12,18,20H,5H2,1-4H3. The van der Waals surface area contributed by atoms with E-state index in [1.807, 2.05) is 19.2 Å². The minimum atomic E-state index is 0.210. The Hall–Kier alpha value is -1.80. The fraction of sp³-hybridized carbons (Fsp3) is 0.368. The first-order chi connectivity index (χ1) is 10.1. The van der Waals surface area contributed by atoms with Gasteiger partial charge in [-0.25, -0.2) is 0 Å². The molecule has 0 amide bonds. The summed E-state index contributed by atoms with van der Waals surface area (Å²) < 4.78 is 5.91. The molecular formula is C19H23NO. The fourth-order valence-corrected chi connectivity index (χ4v) is 3.14. The van der Waals surface area contributed by atoms with E-state index in [9.17, 15) is 0 Å². The van der Waals surface area contributed by atoms with Crippen LogP contribution in [0, 0.1) is 5.41 Å². The first-order valence-corrected chi connectivity index (χ1v) is 7.65. The fourth-order valence-electron chi connectivity index (χ4n) is 3.14. The molecular weight excluding hydrogens is 258 g/mol. The van der Waals surface area contributed by atoms with Crippen LogP contribution in [-0.2, 0) is 0 Å². The molecule has 0 aliphatic rings. The highest BCUT2D eigenvalue weighted by molar-refractivity contribution is 6.05. The smallest absolute Gasteiger partial charge is 0.135 e. The molecule has 1 aromatic heterocycles. The maximum atomic E-state index is 5.91. The monoisotopic (exact) mass is 281 g/mol. The molecule has 3 aromatic rings. The molecule has 2 heteroatoms. The Balaban J connectivity index is 2.18. The van der Waals surface area contributed by atoms with E-state index in [4.69, 9.17) is 4.42 Å². The number of hydrogen-bond donors (Lipinski definition) is 1. The SMILES string of the molecule is CCC(C)(C)C(NC)c1ccc2oc3ccccc3c2c1. The molecule has 0 radical (unpaired) electrons. The Morgan fingerprint density at radius 1 is 1.05 bits per heavy atom. The zero-order valence-electron chi connectivity index (χ0n) is 13.2. The highest BCUT2D eigenvalue weighted by Crippen LogP contribution is 2.38. The van der Waals surface area contributed by atoms with Crippen molar-refractivity contribution in [1.82, 2.24) is 5.32 Å². The zero-order chi connectivity index (χ0) is 15.0. The first kappa shape index (κ1) is 14.2. The lowest BCUT2D eigenvalue weighted by Gasteiger charge is -2.33. The third-order valence-electron chi connectivity index (χ3n) is 4.72. The number of benzene rings is 2. The molecule has 1 unspecified atom stereocenters. The van der Waals surface area contributed by atoms with E-state index in [1.54, 1.807) is 0 Å². The highest BCUT2D eigenvalue weighted by atomic mass is 16.3. The lowest BCUT2D eigenvalue weighted by Crippen LogP contribution is -2.31. The van der Waals surface area contributed by atoms with E-state index in [2.05, 4.69) is 56.4 Å². The van der Waals surface area contributed by atoms with Crippen LogP contribution in [0.15, 0.2) is 46.9 Å². The van der Waals surface area contributed by atoms with E-state index in [0.29, 0.717) is 6.04 Å². The van der Waals surface area contributed by atoms with Crippen LogP contribution < -0.4 is 5.32 Å². The van der Waals surface area contributed by atoms with Crippen molar-refractivity contribution < 1.29 is 4.42 Å². The number of hydrogen-bond acceptors (Lipinski definition) is 2. The quantitative estimate of drug-likeness (QED) is 0.703. The Bertz CT molecular complexity index is 769. The van der Waals surface area contributed by atoms with Crippen molar-refractivity contribution in [2.45, 2.75) is 33.2 Å². The molecule has 21 heavy (non-hydrogen) atoms. The van der Waals surface area contributed by atoms with Gasteiger partial charge in [-0.1, -0.05) is 45.0 Å². The molecule has 3 rings (SSSR count). The van der Waals surface area contributed by atoms with Crippen LogP contribution in [0.2, 0.25) is 0 Å². The molecule has 0 spiro atoms. The zero-order valence-corrected chi connectivity index (χ0v) is 13.2. The molecule has 0 aliphatic heterocycles. The summed E-state index contributed by atoms with van der Waals surface area (Å²) >= 11 is 0. The lowest BCUT2D eigenvalue weighted by molar-refractivity contribution is 0.245. The lowest BCUT2D eigenvalue weighted by atomic mass is 9.78. The number of furan rings is 1. The van der Waals surface area contributed by atoms with Gasteiger partial charge in [0, 0.05) is 16.8 Å². The van der Waals surface area contributed by atoms with Crippen molar-refractivity contribution >= 4 is 21.9 Å². The number of nitrogens with one attached hydrogen (secondary N) is 1. The van der Waals surface area contributed by atoms with E-state index in [-0.39, 0.29) is 5.41 Å². The van der Waals surface area contributed by atoms with Gasteiger partial charge in [0.25, 0.3) is 0 Å². The Morgan fingerprint density at radius 2 is 1.76 bits per heavy atom. The third kappa shape index (κ3) is 2.34. The molecule has 0 saturated carbocycles. The summed E-state index contributed by atoms with van der Waals surface area (Å²) in [5, 5.41) is 5.88. The van der Waals surface area contributed by atoms with E-state index >= 15 is 0 Å². The van der Waals surface area contributed by atoms with Gasteiger partial charge in [0.1, 0.15) is 11.2 Å². The maximum absolute atomic E-state index is 5.91. The second kappa shape index (κ2) is 5.19. The molecule has 1 heterocycles. The van der Waals surface area contributed by atoms with Crippen LogP contribution in [-0.4, -0.2) is 7.05 Å². The van der Waals surface area contributed by atoms with Gasteiger partial charge in [-0.3, -0.25) is 0 Å². The minimum Gasteiger partial charge on any atom is -0.456 e. The maximum Gasteiger partial charge on any atom is 0.135 e. The average molecular weight is 281 g/mol. The Kier molecular flexibility index (Phi) is 3.50. The predicted molar refractivity (Wildman–Crippen MR) is 89.6 cm³/mol. The Morgan fingerprint density at radius 3 is 2.48 bits per heavy atom.